The summed E-state index contributed by atoms with van der Waals surface area (Å²) in [4.78, 5) is 2.42. The van der Waals surface area contributed by atoms with E-state index in [1.54, 1.807) is 0 Å². The second kappa shape index (κ2) is 13.3. The van der Waals surface area contributed by atoms with Gasteiger partial charge in [0.15, 0.2) is 5.58 Å². The molecule has 2 aliphatic carbocycles. The highest BCUT2D eigenvalue weighted by Gasteiger charge is 2.51. The third kappa shape index (κ3) is 4.70. The number of furan rings is 2. The molecule has 0 saturated carbocycles. The molecule has 2 aliphatic rings. The second-order valence-corrected chi connectivity index (χ2v) is 17.0. The normalized spacial score (nSPS) is 13.1. The molecule has 10 aromatic carbocycles. The van der Waals surface area contributed by atoms with Crippen molar-refractivity contribution in [2.24, 2.45) is 0 Å². The first kappa shape index (κ1) is 35.2. The van der Waals surface area contributed by atoms with Gasteiger partial charge in [0.25, 0.3) is 0 Å². The van der Waals surface area contributed by atoms with E-state index in [0.717, 1.165) is 83.2 Å². The first-order chi connectivity index (χ1) is 31.8. The van der Waals surface area contributed by atoms with Crippen molar-refractivity contribution in [2.45, 2.75) is 5.41 Å². The lowest BCUT2D eigenvalue weighted by atomic mass is 9.70. The van der Waals surface area contributed by atoms with Gasteiger partial charge in [0, 0.05) is 32.7 Å². The van der Waals surface area contributed by atoms with Crippen LogP contribution in [0.3, 0.4) is 0 Å². The molecule has 2 heterocycles. The molecule has 3 heteroatoms. The summed E-state index contributed by atoms with van der Waals surface area (Å²) in [6.07, 6.45) is 0. The van der Waals surface area contributed by atoms with E-state index < -0.39 is 5.41 Å². The maximum atomic E-state index is 6.87. The van der Waals surface area contributed by atoms with Gasteiger partial charge in [0.05, 0.1) is 22.5 Å². The Bertz CT molecular complexity index is 3840. The molecule has 1 spiro atoms. The van der Waals surface area contributed by atoms with Crippen molar-refractivity contribution in [3.8, 4) is 44.5 Å². The Morgan fingerprint density at radius 2 is 0.766 bits per heavy atom. The fraction of sp³-hybridized carbons (Fsp3) is 0.0164. The van der Waals surface area contributed by atoms with E-state index in [1.807, 2.05) is 12.1 Å². The van der Waals surface area contributed by atoms with Gasteiger partial charge in [-0.1, -0.05) is 182 Å². The lowest BCUT2D eigenvalue weighted by Gasteiger charge is -2.31. The Balaban J connectivity index is 1.03. The molecule has 64 heavy (non-hydrogen) atoms. The first-order valence-electron chi connectivity index (χ1n) is 22.0. The quantitative estimate of drug-likeness (QED) is 0.173. The zero-order valence-corrected chi connectivity index (χ0v) is 34.6. The minimum absolute atomic E-state index is 0.405. The summed E-state index contributed by atoms with van der Waals surface area (Å²) in [6.45, 7) is 0. The Hall–Kier alpha value is -8.40. The molecule has 14 rings (SSSR count). The van der Waals surface area contributed by atoms with E-state index >= 15 is 0 Å². The average Bonchev–Trinajstić information content (AvgIpc) is 4.10. The van der Waals surface area contributed by atoms with E-state index in [4.69, 9.17) is 8.83 Å². The van der Waals surface area contributed by atoms with Gasteiger partial charge in [-0.2, -0.15) is 0 Å². The fourth-order valence-electron chi connectivity index (χ4n) is 11.4. The van der Waals surface area contributed by atoms with Crippen molar-refractivity contribution >= 4 is 60.9 Å². The molecule has 0 saturated heterocycles. The lowest BCUT2D eigenvalue weighted by Crippen LogP contribution is -2.25. The van der Waals surface area contributed by atoms with Crippen molar-refractivity contribution < 1.29 is 8.83 Å². The number of nitrogens with zero attached hydrogens (tertiary/aromatic N) is 1. The van der Waals surface area contributed by atoms with Crippen molar-refractivity contribution in [1.82, 2.24) is 0 Å². The van der Waals surface area contributed by atoms with Gasteiger partial charge < -0.3 is 13.7 Å². The van der Waals surface area contributed by atoms with Gasteiger partial charge in [0.1, 0.15) is 16.7 Å². The highest BCUT2D eigenvalue weighted by molar-refractivity contribution is 6.15. The Labute approximate surface area is 369 Å². The molecule has 2 aromatic heterocycles. The Kier molecular flexibility index (Phi) is 7.32. The van der Waals surface area contributed by atoms with Crippen LogP contribution in [0.4, 0.5) is 17.1 Å². The number of fused-ring (bicyclic) bond motifs is 16. The van der Waals surface area contributed by atoms with Crippen molar-refractivity contribution in [3.05, 3.63) is 247 Å². The third-order valence-electron chi connectivity index (χ3n) is 13.9. The number of hydrogen-bond acceptors (Lipinski definition) is 3. The van der Waals surface area contributed by atoms with Gasteiger partial charge in [-0.15, -0.1) is 0 Å². The van der Waals surface area contributed by atoms with Gasteiger partial charge in [-0.25, -0.2) is 0 Å². The maximum Gasteiger partial charge on any atom is 0.159 e. The summed E-state index contributed by atoms with van der Waals surface area (Å²) in [5, 5.41) is 4.37. The summed E-state index contributed by atoms with van der Waals surface area (Å²) in [5.74, 6) is 0. The third-order valence-corrected chi connectivity index (χ3v) is 13.9. The van der Waals surface area contributed by atoms with Crippen LogP contribution in [0.15, 0.2) is 233 Å². The average molecular weight is 816 g/mol. The molecule has 0 bridgehead atoms. The summed E-state index contributed by atoms with van der Waals surface area (Å²) in [7, 11) is 0. The van der Waals surface area contributed by atoms with E-state index in [-0.39, 0.29) is 0 Å². The Morgan fingerprint density at radius 1 is 0.297 bits per heavy atom. The minimum atomic E-state index is -0.405. The molecule has 0 atom stereocenters. The van der Waals surface area contributed by atoms with E-state index in [2.05, 4.69) is 217 Å². The monoisotopic (exact) mass is 815 g/mol. The zero-order chi connectivity index (χ0) is 41.9. The molecule has 0 radical (unpaired) electrons. The van der Waals surface area contributed by atoms with Crippen LogP contribution in [-0.2, 0) is 5.41 Å². The SMILES string of the molecule is c1ccc(N(c2ccccc2-c2cccc3oc4ccccc4c23)c2cccc3c2oc2ccccc23)c(-c2ccc3c(c2)-c2ccccc2C32c3ccccc3-c3ccccc32)c1. The summed E-state index contributed by atoms with van der Waals surface area (Å²) in [6, 6.07) is 81.4. The van der Waals surface area contributed by atoms with Crippen LogP contribution in [-0.4, -0.2) is 0 Å². The minimum Gasteiger partial charge on any atom is -0.456 e. The standard InChI is InChI=1S/C61H37NO2/c1-8-26-49-40(18-1)41-19-2-9-27-50(41)61(49)51-28-10-3-20-42(51)48-37-38(35-36-52(48)61)39-17-4-11-29-53(39)62(55-31-15-25-46-44-22-6-13-32-56(44)64-60(46)55)54-30-12-5-21-43(54)45-24-16-34-58-59(45)47-23-7-14-33-57(47)63-58/h1-37H. The molecule has 3 nitrogen and oxygen atoms in total. The van der Waals surface area contributed by atoms with Gasteiger partial charge in [-0.3, -0.25) is 0 Å². The van der Waals surface area contributed by atoms with Crippen LogP contribution in [0.1, 0.15) is 22.3 Å². The highest BCUT2D eigenvalue weighted by atomic mass is 16.3. The molecule has 0 amide bonds. The van der Waals surface area contributed by atoms with Gasteiger partial charge in [-0.05, 0) is 98.1 Å². The van der Waals surface area contributed by atoms with E-state index in [9.17, 15) is 0 Å². The van der Waals surface area contributed by atoms with E-state index in [1.165, 1.54) is 44.5 Å². The molecule has 0 N–H and O–H groups in total. The van der Waals surface area contributed by atoms with Crippen molar-refractivity contribution in [2.75, 3.05) is 4.90 Å². The predicted molar refractivity (Wildman–Crippen MR) is 263 cm³/mol. The summed E-state index contributed by atoms with van der Waals surface area (Å²) in [5.41, 5.74) is 21.0. The number of rotatable bonds is 5. The Morgan fingerprint density at radius 3 is 1.48 bits per heavy atom. The number of anilines is 3. The maximum absolute atomic E-state index is 6.87. The second-order valence-electron chi connectivity index (χ2n) is 17.0. The highest BCUT2D eigenvalue weighted by Crippen LogP contribution is 2.63. The predicted octanol–water partition coefficient (Wildman–Crippen LogP) is 16.6. The molecule has 0 fully saturated rings. The number of para-hydroxylation sites is 5. The number of hydrogen-bond donors (Lipinski definition) is 0. The summed E-state index contributed by atoms with van der Waals surface area (Å²) < 4.78 is 13.3. The van der Waals surface area contributed by atoms with Crippen LogP contribution in [0, 0.1) is 0 Å². The first-order valence-corrected chi connectivity index (χ1v) is 22.0. The molecular formula is C61H37NO2. The van der Waals surface area contributed by atoms with Gasteiger partial charge >= 0.3 is 0 Å². The van der Waals surface area contributed by atoms with Crippen LogP contribution in [0.25, 0.3) is 88.4 Å². The van der Waals surface area contributed by atoms with Crippen molar-refractivity contribution in [1.29, 1.82) is 0 Å². The fourth-order valence-corrected chi connectivity index (χ4v) is 11.4. The van der Waals surface area contributed by atoms with Crippen LogP contribution < -0.4 is 4.90 Å². The zero-order valence-electron chi connectivity index (χ0n) is 34.6. The van der Waals surface area contributed by atoms with Crippen LogP contribution in [0.5, 0.6) is 0 Å². The largest absolute Gasteiger partial charge is 0.456 e. The molecule has 298 valence electrons. The molecule has 12 aromatic rings. The van der Waals surface area contributed by atoms with E-state index in [0.29, 0.717) is 0 Å². The molecule has 0 unspecified atom stereocenters. The molecular weight excluding hydrogens is 779 g/mol. The van der Waals surface area contributed by atoms with Gasteiger partial charge in [0.2, 0.25) is 0 Å². The topological polar surface area (TPSA) is 29.5 Å². The smallest absolute Gasteiger partial charge is 0.159 e. The number of benzene rings is 10. The van der Waals surface area contributed by atoms with Crippen LogP contribution in [0.2, 0.25) is 0 Å². The lowest BCUT2D eigenvalue weighted by molar-refractivity contribution is 0.668. The van der Waals surface area contributed by atoms with Crippen LogP contribution >= 0.6 is 0 Å². The molecule has 0 aliphatic heterocycles. The summed E-state index contributed by atoms with van der Waals surface area (Å²) >= 11 is 0. The van der Waals surface area contributed by atoms with Crippen molar-refractivity contribution in [3.63, 3.8) is 0 Å².